The second-order valence-electron chi connectivity index (χ2n) is 6.71. The molecule has 0 bridgehead atoms. The Balaban J connectivity index is 2.00. The molecular formula is C18H25FN4O3. The van der Waals surface area contributed by atoms with Crippen LogP contribution in [-0.2, 0) is 4.74 Å². The number of rotatable bonds is 5. The largest absolute Gasteiger partial charge is 0.468 e. The van der Waals surface area contributed by atoms with E-state index in [0.29, 0.717) is 55.5 Å². The highest BCUT2D eigenvalue weighted by molar-refractivity contribution is 5.97. The van der Waals surface area contributed by atoms with Gasteiger partial charge in [0.25, 0.3) is 0 Å². The molecule has 1 fully saturated rings. The number of halogens is 1. The summed E-state index contributed by atoms with van der Waals surface area (Å²) < 4.78 is 26.6. The topological polar surface area (TPSA) is 68.6 Å². The molecule has 1 saturated heterocycles. The second-order valence-corrected chi connectivity index (χ2v) is 6.71. The van der Waals surface area contributed by atoms with E-state index in [1.165, 1.54) is 17.7 Å². The fourth-order valence-corrected chi connectivity index (χ4v) is 3.05. The number of amides is 1. The normalized spacial score (nSPS) is 14.9. The summed E-state index contributed by atoms with van der Waals surface area (Å²) in [6.07, 6.45) is 0.869. The van der Waals surface area contributed by atoms with Crippen LogP contribution >= 0.6 is 0 Å². The van der Waals surface area contributed by atoms with Crippen LogP contribution in [0, 0.1) is 11.7 Å². The molecule has 1 N–H and O–H groups in total. The number of benzene rings is 1. The van der Waals surface area contributed by atoms with Crippen LogP contribution < -0.4 is 15.0 Å². The van der Waals surface area contributed by atoms with Gasteiger partial charge in [0.15, 0.2) is 0 Å². The third kappa shape index (κ3) is 3.60. The zero-order valence-corrected chi connectivity index (χ0v) is 15.4. The second kappa shape index (κ2) is 7.90. The fraction of sp³-hybridized carbons (Fsp3) is 0.556. The number of fused-ring (bicyclic) bond motifs is 1. The lowest BCUT2D eigenvalue weighted by molar-refractivity contribution is 0.122. The van der Waals surface area contributed by atoms with Crippen LogP contribution in [0.5, 0.6) is 6.01 Å². The van der Waals surface area contributed by atoms with Gasteiger partial charge in [-0.05, 0) is 24.5 Å². The van der Waals surface area contributed by atoms with E-state index in [4.69, 9.17) is 9.47 Å². The summed E-state index contributed by atoms with van der Waals surface area (Å²) >= 11 is 0. The van der Waals surface area contributed by atoms with Crippen molar-refractivity contribution in [1.29, 1.82) is 0 Å². The quantitative estimate of drug-likeness (QED) is 0.883. The van der Waals surface area contributed by atoms with Gasteiger partial charge in [-0.15, -0.1) is 0 Å². The zero-order chi connectivity index (χ0) is 18.7. The van der Waals surface area contributed by atoms with Gasteiger partial charge < -0.3 is 19.7 Å². The number of ether oxygens (including phenoxy) is 2. The summed E-state index contributed by atoms with van der Waals surface area (Å²) in [6, 6.07) is 2.74. The Hall–Kier alpha value is -2.35. The van der Waals surface area contributed by atoms with Crippen LogP contribution in [-0.4, -0.2) is 55.5 Å². The summed E-state index contributed by atoms with van der Waals surface area (Å²) in [5, 5.41) is 2.87. The van der Waals surface area contributed by atoms with E-state index in [-0.39, 0.29) is 17.9 Å². The molecule has 0 aliphatic carbocycles. The third-order valence-corrected chi connectivity index (χ3v) is 4.43. The maximum atomic E-state index is 14.6. The number of morpholine rings is 1. The lowest BCUT2D eigenvalue weighted by Crippen LogP contribution is -2.37. The van der Waals surface area contributed by atoms with E-state index >= 15 is 0 Å². The molecule has 1 aromatic heterocycles. The first-order valence-electron chi connectivity index (χ1n) is 8.88. The Bertz CT molecular complexity index is 784. The average Bonchev–Trinajstić information content (AvgIpc) is 3.00. The molecule has 0 atom stereocenters. The Kier molecular flexibility index (Phi) is 5.61. The number of carbonyl (C=O) groups is 1. The lowest BCUT2D eigenvalue weighted by Gasteiger charge is -2.29. The van der Waals surface area contributed by atoms with E-state index < -0.39 is 0 Å². The number of aromatic nitrogens is 2. The van der Waals surface area contributed by atoms with E-state index in [2.05, 4.69) is 24.1 Å². The van der Waals surface area contributed by atoms with Gasteiger partial charge in [0.05, 0.1) is 25.8 Å². The first-order valence-corrected chi connectivity index (χ1v) is 8.88. The summed E-state index contributed by atoms with van der Waals surface area (Å²) in [5.41, 5.74) is 1.33. The van der Waals surface area contributed by atoms with E-state index in [1.807, 2.05) is 4.90 Å². The van der Waals surface area contributed by atoms with E-state index in [0.717, 1.165) is 6.42 Å². The predicted octanol–water partition coefficient (Wildman–Crippen LogP) is 2.62. The van der Waals surface area contributed by atoms with Crippen molar-refractivity contribution >= 4 is 22.8 Å². The van der Waals surface area contributed by atoms with Crippen molar-refractivity contribution < 1.29 is 18.7 Å². The molecule has 3 rings (SSSR count). The van der Waals surface area contributed by atoms with Crippen molar-refractivity contribution in [3.05, 3.63) is 17.9 Å². The minimum absolute atomic E-state index is 0.141. The van der Waals surface area contributed by atoms with Gasteiger partial charge in [-0.1, -0.05) is 13.8 Å². The number of methoxy groups -OCH3 is 1. The van der Waals surface area contributed by atoms with Crippen LogP contribution in [0.1, 0.15) is 20.3 Å². The van der Waals surface area contributed by atoms with E-state index in [9.17, 15) is 9.18 Å². The number of nitrogens with one attached hydrogen (secondary N) is 1. The fourth-order valence-electron chi connectivity index (χ4n) is 3.05. The molecule has 2 aromatic rings. The average molecular weight is 364 g/mol. The Morgan fingerprint density at radius 3 is 2.77 bits per heavy atom. The molecular weight excluding hydrogens is 339 g/mol. The summed E-state index contributed by atoms with van der Waals surface area (Å²) in [6.45, 7) is 6.95. The summed E-state index contributed by atoms with van der Waals surface area (Å²) in [4.78, 5) is 18.9. The van der Waals surface area contributed by atoms with Crippen LogP contribution in [0.15, 0.2) is 12.1 Å². The van der Waals surface area contributed by atoms with Gasteiger partial charge in [0.2, 0.25) is 0 Å². The molecule has 1 aliphatic heterocycles. The predicted molar refractivity (Wildman–Crippen MR) is 97.5 cm³/mol. The first-order chi connectivity index (χ1) is 12.5. The van der Waals surface area contributed by atoms with Crippen molar-refractivity contribution in [2.75, 3.05) is 44.9 Å². The highest BCUT2D eigenvalue weighted by Gasteiger charge is 2.25. The molecule has 1 aromatic carbocycles. The van der Waals surface area contributed by atoms with Crippen LogP contribution in [0.25, 0.3) is 11.0 Å². The van der Waals surface area contributed by atoms with Crippen LogP contribution in [0.4, 0.5) is 14.9 Å². The zero-order valence-electron chi connectivity index (χ0n) is 15.4. The minimum atomic E-state index is -0.369. The highest BCUT2D eigenvalue weighted by Crippen LogP contribution is 2.32. The lowest BCUT2D eigenvalue weighted by atomic mass is 10.1. The molecule has 2 heterocycles. The molecule has 26 heavy (non-hydrogen) atoms. The van der Waals surface area contributed by atoms with Gasteiger partial charge in [0, 0.05) is 19.6 Å². The number of nitrogens with zero attached hydrogens (tertiary/aromatic N) is 3. The Morgan fingerprint density at radius 2 is 2.12 bits per heavy atom. The summed E-state index contributed by atoms with van der Waals surface area (Å²) in [5.74, 6) is 0.116. The van der Waals surface area contributed by atoms with Crippen LogP contribution in [0.3, 0.4) is 0 Å². The monoisotopic (exact) mass is 364 g/mol. The maximum absolute atomic E-state index is 14.6. The van der Waals surface area contributed by atoms with E-state index in [1.54, 1.807) is 6.07 Å². The van der Waals surface area contributed by atoms with Gasteiger partial charge in [-0.3, -0.25) is 0 Å². The smallest absolute Gasteiger partial charge is 0.330 e. The molecule has 1 aliphatic rings. The van der Waals surface area contributed by atoms with Gasteiger partial charge >= 0.3 is 12.0 Å². The molecule has 0 unspecified atom stereocenters. The van der Waals surface area contributed by atoms with Crippen molar-refractivity contribution in [2.45, 2.75) is 20.3 Å². The highest BCUT2D eigenvalue weighted by atomic mass is 19.1. The number of anilines is 1. The first kappa shape index (κ1) is 18.4. The van der Waals surface area contributed by atoms with Gasteiger partial charge in [-0.25, -0.2) is 13.8 Å². The number of hydrogen-bond acceptors (Lipinski definition) is 5. The molecule has 0 spiro atoms. The minimum Gasteiger partial charge on any atom is -0.468 e. The third-order valence-electron chi connectivity index (χ3n) is 4.43. The summed E-state index contributed by atoms with van der Waals surface area (Å²) in [7, 11) is 1.45. The maximum Gasteiger partial charge on any atom is 0.330 e. The number of imidazole rings is 1. The van der Waals surface area contributed by atoms with Crippen molar-refractivity contribution in [1.82, 2.24) is 14.9 Å². The number of carbonyl (C=O) groups excluding carboxylic acids is 1. The van der Waals surface area contributed by atoms with Crippen molar-refractivity contribution in [3.8, 4) is 6.01 Å². The molecule has 0 radical (unpaired) electrons. The van der Waals surface area contributed by atoms with Crippen molar-refractivity contribution in [3.63, 3.8) is 0 Å². The van der Waals surface area contributed by atoms with Gasteiger partial charge in [0.1, 0.15) is 17.0 Å². The molecule has 142 valence electrons. The standard InChI is InChI=1S/C18H25FN4O3/c1-12(2)6-7-20-17(24)23-14-5-4-13(19)16(15(14)21-18(23)25-3)22-8-10-26-11-9-22/h4-5,12H,6-11H2,1-3H3,(H,20,24). The van der Waals surface area contributed by atoms with Crippen LogP contribution in [0.2, 0.25) is 0 Å². The van der Waals surface area contributed by atoms with Crippen molar-refractivity contribution in [2.24, 2.45) is 5.92 Å². The molecule has 7 nitrogen and oxygen atoms in total. The van der Waals surface area contributed by atoms with Gasteiger partial charge in [-0.2, -0.15) is 4.98 Å². The SMILES string of the molecule is COc1nc2c(N3CCOCC3)c(F)ccc2n1C(=O)NCCC(C)C. The number of hydrogen-bond donors (Lipinski definition) is 1. The molecule has 8 heteroatoms. The molecule has 1 amide bonds. The molecule has 0 saturated carbocycles. The Labute approximate surface area is 152 Å². The Morgan fingerprint density at radius 1 is 1.38 bits per heavy atom.